The first kappa shape index (κ1) is 4.99. The molecule has 41 valence electrons. The second kappa shape index (κ2) is 2.23. The fourth-order valence-corrected chi connectivity index (χ4v) is 0.386. The maximum atomic E-state index is 10.0. The maximum Gasteiger partial charge on any atom is 0.0857 e. The first-order chi connectivity index (χ1) is 3.39. The van der Waals surface area contributed by atoms with Gasteiger partial charge in [0.15, 0.2) is 0 Å². The summed E-state index contributed by atoms with van der Waals surface area (Å²) in [7, 11) is 0. The molecule has 1 heterocycles. The minimum atomic E-state index is 0.417. The van der Waals surface area contributed by atoms with Gasteiger partial charge in [0.1, 0.15) is 0 Å². The van der Waals surface area contributed by atoms with Gasteiger partial charge in [-0.15, -0.1) is 4.99 Å². The molecule has 0 N–H and O–H groups in total. The quantitative estimate of drug-likeness (QED) is 0.403. The number of nitrogens with zero attached hydrogens (tertiary/aromatic N) is 1. The summed E-state index contributed by atoms with van der Waals surface area (Å²) in [4.78, 5) is 8.35. The molecule has 0 spiro atoms. The second-order valence-corrected chi connectivity index (χ2v) is 1.31. The number of hydroxylamine groups is 2. The van der Waals surface area contributed by atoms with Crippen LogP contribution in [0.1, 0.15) is 6.42 Å². The van der Waals surface area contributed by atoms with E-state index >= 15 is 0 Å². The van der Waals surface area contributed by atoms with Crippen molar-refractivity contribution in [1.82, 2.24) is 5.23 Å². The van der Waals surface area contributed by atoms with E-state index in [-0.39, 0.29) is 0 Å². The highest BCUT2D eigenvalue weighted by Crippen LogP contribution is 1.97. The minimum absolute atomic E-state index is 0.417. The van der Waals surface area contributed by atoms with Gasteiger partial charge in [-0.1, -0.05) is 5.21 Å². The Morgan fingerprint density at radius 1 is 1.57 bits per heavy atom. The molecular formula is C3H6NO3. The molecule has 4 nitrogen and oxygen atoms in total. The summed E-state index contributed by atoms with van der Waals surface area (Å²) in [5, 5.41) is 10.5. The van der Waals surface area contributed by atoms with Crippen molar-refractivity contribution in [3.63, 3.8) is 0 Å². The van der Waals surface area contributed by atoms with E-state index in [4.69, 9.17) is 0 Å². The molecule has 1 rings (SSSR count). The smallest absolute Gasteiger partial charge is 0.0857 e. The van der Waals surface area contributed by atoms with E-state index in [9.17, 15) is 5.21 Å². The molecule has 0 aliphatic carbocycles. The molecule has 1 radical (unpaired) electrons. The first-order valence-corrected chi connectivity index (χ1v) is 2.14. The molecule has 7 heavy (non-hydrogen) atoms. The Kier molecular flexibility index (Phi) is 1.59. The predicted octanol–water partition coefficient (Wildman–Crippen LogP) is -0.0992. The van der Waals surface area contributed by atoms with Crippen molar-refractivity contribution < 1.29 is 15.1 Å². The average molecular weight is 104 g/mol. The van der Waals surface area contributed by atoms with Crippen LogP contribution < -0.4 is 0 Å². The van der Waals surface area contributed by atoms with Gasteiger partial charge in [0, 0.05) is 5.23 Å². The van der Waals surface area contributed by atoms with Gasteiger partial charge in [0.05, 0.1) is 13.2 Å². The van der Waals surface area contributed by atoms with Crippen LogP contribution >= 0.6 is 0 Å². The van der Waals surface area contributed by atoms with Crippen molar-refractivity contribution in [3.8, 4) is 0 Å². The third-order valence-electron chi connectivity index (χ3n) is 0.704. The standard InChI is InChI=1S/C3H6NO3/c5-4-2-1-3-6-7-4/h1-3H2. The van der Waals surface area contributed by atoms with Gasteiger partial charge in [-0.2, -0.15) is 0 Å². The van der Waals surface area contributed by atoms with Gasteiger partial charge in [-0.05, 0) is 6.42 Å². The molecule has 0 amide bonds. The lowest BCUT2D eigenvalue weighted by Gasteiger charge is -2.14. The normalized spacial score (nSPS) is 25.3. The molecule has 0 unspecified atom stereocenters. The van der Waals surface area contributed by atoms with Crippen LogP contribution in [0.5, 0.6) is 0 Å². The van der Waals surface area contributed by atoms with Crippen LogP contribution in [0.2, 0.25) is 0 Å². The Hall–Kier alpha value is -0.160. The minimum Gasteiger partial charge on any atom is -0.216 e. The molecule has 1 saturated heterocycles. The number of rotatable bonds is 0. The molecule has 1 aliphatic rings. The molecular weight excluding hydrogens is 98.0 g/mol. The lowest BCUT2D eigenvalue weighted by Crippen LogP contribution is -2.26. The van der Waals surface area contributed by atoms with Gasteiger partial charge in [-0.3, -0.25) is 0 Å². The fourth-order valence-electron chi connectivity index (χ4n) is 0.386. The third-order valence-corrected chi connectivity index (χ3v) is 0.704. The third kappa shape index (κ3) is 1.40. The van der Waals surface area contributed by atoms with Crippen LogP contribution in [-0.4, -0.2) is 18.4 Å². The summed E-state index contributed by atoms with van der Waals surface area (Å²) in [5.41, 5.74) is 0. The summed E-state index contributed by atoms with van der Waals surface area (Å²) >= 11 is 0. The topological polar surface area (TPSA) is 41.6 Å². The molecule has 0 atom stereocenters. The molecule has 1 fully saturated rings. The van der Waals surface area contributed by atoms with Crippen LogP contribution in [-0.2, 0) is 15.1 Å². The highest BCUT2D eigenvalue weighted by Gasteiger charge is 2.08. The molecule has 4 heteroatoms. The average Bonchev–Trinajstić information content (AvgIpc) is 1.69. The first-order valence-electron chi connectivity index (χ1n) is 2.14. The maximum absolute atomic E-state index is 10.0. The molecule has 0 aromatic rings. The Morgan fingerprint density at radius 3 is 2.71 bits per heavy atom. The van der Waals surface area contributed by atoms with Gasteiger partial charge < -0.3 is 0 Å². The van der Waals surface area contributed by atoms with E-state index in [1.165, 1.54) is 0 Å². The van der Waals surface area contributed by atoms with Gasteiger partial charge in [0.25, 0.3) is 0 Å². The van der Waals surface area contributed by atoms with E-state index < -0.39 is 0 Å². The molecule has 0 bridgehead atoms. The van der Waals surface area contributed by atoms with E-state index in [0.29, 0.717) is 18.4 Å². The van der Waals surface area contributed by atoms with Crippen molar-refractivity contribution in [3.05, 3.63) is 0 Å². The van der Waals surface area contributed by atoms with E-state index in [1.807, 2.05) is 0 Å². The lowest BCUT2D eigenvalue weighted by atomic mass is 10.5. The van der Waals surface area contributed by atoms with Crippen molar-refractivity contribution in [1.29, 1.82) is 0 Å². The summed E-state index contributed by atoms with van der Waals surface area (Å²) < 4.78 is 0. The van der Waals surface area contributed by atoms with Gasteiger partial charge >= 0.3 is 0 Å². The van der Waals surface area contributed by atoms with E-state index in [0.717, 1.165) is 6.42 Å². The molecule has 1 aliphatic heterocycles. The number of hydrogen-bond acceptors (Lipinski definition) is 3. The summed E-state index contributed by atoms with van der Waals surface area (Å²) in [6.07, 6.45) is 0.753. The molecule has 0 aromatic carbocycles. The Morgan fingerprint density at radius 2 is 2.43 bits per heavy atom. The highest BCUT2D eigenvalue weighted by molar-refractivity contribution is 4.34. The zero-order valence-corrected chi connectivity index (χ0v) is 3.79. The predicted molar refractivity (Wildman–Crippen MR) is 19.0 cm³/mol. The monoisotopic (exact) mass is 104 g/mol. The Balaban J connectivity index is 2.12. The Labute approximate surface area is 41.1 Å². The van der Waals surface area contributed by atoms with Crippen LogP contribution in [0.25, 0.3) is 0 Å². The van der Waals surface area contributed by atoms with E-state index in [2.05, 4.69) is 9.88 Å². The summed E-state index contributed by atoms with van der Waals surface area (Å²) in [6, 6.07) is 0. The molecule has 0 saturated carbocycles. The number of hydrogen-bond donors (Lipinski definition) is 0. The van der Waals surface area contributed by atoms with Crippen LogP contribution in [0, 0.1) is 0 Å². The lowest BCUT2D eigenvalue weighted by molar-refractivity contribution is -0.546. The van der Waals surface area contributed by atoms with Gasteiger partial charge in [-0.25, -0.2) is 4.89 Å². The second-order valence-electron chi connectivity index (χ2n) is 1.31. The van der Waals surface area contributed by atoms with Crippen LogP contribution in [0.4, 0.5) is 0 Å². The summed E-state index contributed by atoms with van der Waals surface area (Å²) in [5.74, 6) is 0. The van der Waals surface area contributed by atoms with Gasteiger partial charge in [0.2, 0.25) is 0 Å². The van der Waals surface area contributed by atoms with Crippen molar-refractivity contribution >= 4 is 0 Å². The van der Waals surface area contributed by atoms with Crippen molar-refractivity contribution in [2.45, 2.75) is 6.42 Å². The zero-order chi connectivity index (χ0) is 5.11. The van der Waals surface area contributed by atoms with Crippen LogP contribution in [0.15, 0.2) is 0 Å². The largest absolute Gasteiger partial charge is 0.216 e. The Bertz CT molecular complexity index is 52.1. The molecule has 0 aromatic heterocycles. The SMILES string of the molecule is [O]N1CCCOO1. The van der Waals surface area contributed by atoms with E-state index in [1.54, 1.807) is 0 Å². The zero-order valence-electron chi connectivity index (χ0n) is 3.79. The summed E-state index contributed by atoms with van der Waals surface area (Å²) in [6.45, 7) is 0.943. The fraction of sp³-hybridized carbons (Fsp3) is 1.00. The van der Waals surface area contributed by atoms with Crippen LogP contribution in [0.3, 0.4) is 0 Å². The van der Waals surface area contributed by atoms with Crippen molar-refractivity contribution in [2.24, 2.45) is 0 Å². The highest BCUT2D eigenvalue weighted by atomic mass is 17.3. The van der Waals surface area contributed by atoms with Crippen molar-refractivity contribution in [2.75, 3.05) is 13.2 Å².